The SMILES string of the molecule is C=CC(=O)O[CH](CCC)[Mg][CH](CCC)OC(=O)C=C. The van der Waals surface area contributed by atoms with E-state index < -0.39 is 32.3 Å². The van der Waals surface area contributed by atoms with Gasteiger partial charge in [-0.2, -0.15) is 0 Å². The van der Waals surface area contributed by atoms with E-state index >= 15 is 0 Å². The molecule has 0 bridgehead atoms. The van der Waals surface area contributed by atoms with Gasteiger partial charge in [-0.3, -0.25) is 0 Å². The van der Waals surface area contributed by atoms with Crippen LogP contribution in [0.1, 0.15) is 39.5 Å². The van der Waals surface area contributed by atoms with Gasteiger partial charge in [-0.1, -0.05) is 39.8 Å². The zero-order chi connectivity index (χ0) is 14.7. The highest BCUT2D eigenvalue weighted by molar-refractivity contribution is 6.39. The largest absolute Gasteiger partial charge is 0.493 e. The van der Waals surface area contributed by atoms with Gasteiger partial charge >= 0.3 is 32.3 Å². The maximum atomic E-state index is 11.3. The number of carbonyl (C=O) groups excluding carboxylic acids is 2. The predicted molar refractivity (Wildman–Crippen MR) is 75.7 cm³/mol. The van der Waals surface area contributed by atoms with Gasteiger partial charge in [0.15, 0.2) is 0 Å². The van der Waals surface area contributed by atoms with Crippen molar-refractivity contribution in [1.29, 1.82) is 0 Å². The van der Waals surface area contributed by atoms with Crippen molar-refractivity contribution in [3.63, 3.8) is 0 Å². The first kappa shape index (κ1) is 18.2. The summed E-state index contributed by atoms with van der Waals surface area (Å²) in [6, 6.07) is 0. The van der Waals surface area contributed by atoms with Gasteiger partial charge in [-0.05, 0) is 12.8 Å². The number of ether oxygens (including phenoxy) is 2. The lowest BCUT2D eigenvalue weighted by molar-refractivity contribution is -0.140. The molecule has 2 atom stereocenters. The molecule has 0 radical (unpaired) electrons. The molecule has 0 rings (SSSR count). The van der Waals surface area contributed by atoms with E-state index in [0.717, 1.165) is 25.7 Å². The van der Waals surface area contributed by atoms with Gasteiger partial charge in [0.05, 0.1) is 0 Å². The molecule has 0 aliphatic heterocycles. The normalized spacial score (nSPS) is 12.7. The van der Waals surface area contributed by atoms with E-state index in [0.29, 0.717) is 0 Å². The fraction of sp³-hybridized carbons (Fsp3) is 0.571. The molecule has 0 aliphatic carbocycles. The zero-order valence-electron chi connectivity index (χ0n) is 11.9. The molecular formula is C14H22MgO4. The summed E-state index contributed by atoms with van der Waals surface area (Å²) in [6.07, 6.45) is 5.80. The predicted octanol–water partition coefficient (Wildman–Crippen LogP) is 2.40. The van der Waals surface area contributed by atoms with E-state index in [9.17, 15) is 9.59 Å². The Balaban J connectivity index is 4.53. The van der Waals surface area contributed by atoms with Crippen LogP contribution in [0.2, 0.25) is 0 Å². The van der Waals surface area contributed by atoms with Gasteiger partial charge in [0, 0.05) is 20.6 Å². The van der Waals surface area contributed by atoms with E-state index in [1.54, 1.807) is 0 Å². The smallest absolute Gasteiger partial charge is 0.489 e. The van der Waals surface area contributed by atoms with Crippen molar-refractivity contribution in [2.24, 2.45) is 0 Å². The van der Waals surface area contributed by atoms with Crippen molar-refractivity contribution in [3.8, 4) is 0 Å². The van der Waals surface area contributed by atoms with E-state index in [4.69, 9.17) is 9.47 Å². The van der Waals surface area contributed by atoms with Gasteiger partial charge in [-0.15, -0.1) is 0 Å². The van der Waals surface area contributed by atoms with Gasteiger partial charge in [-0.25, -0.2) is 9.59 Å². The summed E-state index contributed by atoms with van der Waals surface area (Å²) in [5, 5.41) is 0. The van der Waals surface area contributed by atoms with Crippen molar-refractivity contribution in [2.45, 2.75) is 48.0 Å². The molecule has 0 saturated carbocycles. The maximum absolute atomic E-state index is 11.3. The quantitative estimate of drug-likeness (QED) is 0.350. The monoisotopic (exact) mass is 278 g/mol. The number of carbonyl (C=O) groups is 2. The highest BCUT2D eigenvalue weighted by Crippen LogP contribution is 2.09. The Hall–Kier alpha value is -0.814. The lowest BCUT2D eigenvalue weighted by Crippen LogP contribution is -2.35. The van der Waals surface area contributed by atoms with Gasteiger partial charge in [0.2, 0.25) is 0 Å². The Kier molecular flexibility index (Phi) is 10.6. The molecule has 0 amide bonds. The summed E-state index contributed by atoms with van der Waals surface area (Å²) in [6.45, 7) is 10.9. The molecule has 19 heavy (non-hydrogen) atoms. The second kappa shape index (κ2) is 11.0. The average Bonchev–Trinajstić information content (AvgIpc) is 2.38. The van der Waals surface area contributed by atoms with E-state index in [1.807, 2.05) is 13.8 Å². The van der Waals surface area contributed by atoms with Crippen LogP contribution in [0.15, 0.2) is 25.3 Å². The van der Waals surface area contributed by atoms with Crippen LogP contribution in [0.3, 0.4) is 0 Å². The standard InChI is InChI=1S/2C7H11O2.Mg/c2*1-3-5-6-9-7(8)4-2;/h2*4,6H,2-3,5H2,1H3;. The summed E-state index contributed by atoms with van der Waals surface area (Å²) >= 11 is -0.869. The molecule has 0 aromatic rings. The van der Waals surface area contributed by atoms with Crippen LogP contribution in [0.25, 0.3) is 0 Å². The van der Waals surface area contributed by atoms with Crippen LogP contribution in [0, 0.1) is 0 Å². The average molecular weight is 279 g/mol. The molecule has 0 N–H and O–H groups in total. The van der Waals surface area contributed by atoms with E-state index in [-0.39, 0.29) is 8.47 Å². The van der Waals surface area contributed by atoms with Crippen molar-refractivity contribution in [3.05, 3.63) is 25.3 Å². The molecule has 0 aliphatic rings. The van der Waals surface area contributed by atoms with E-state index in [1.165, 1.54) is 12.2 Å². The molecule has 0 heterocycles. The van der Waals surface area contributed by atoms with Crippen LogP contribution < -0.4 is 0 Å². The van der Waals surface area contributed by atoms with Gasteiger partial charge in [0.1, 0.15) is 0 Å². The zero-order valence-corrected chi connectivity index (χ0v) is 13.3. The number of hydrogen-bond donors (Lipinski definition) is 0. The summed E-state index contributed by atoms with van der Waals surface area (Å²) in [5.74, 6) is -0.813. The Morgan fingerprint density at radius 3 is 1.63 bits per heavy atom. The summed E-state index contributed by atoms with van der Waals surface area (Å²) in [7, 11) is 0. The third kappa shape index (κ3) is 8.83. The molecule has 5 heteroatoms. The van der Waals surface area contributed by atoms with Gasteiger partial charge < -0.3 is 9.47 Å². The first-order valence-electron chi connectivity index (χ1n) is 6.73. The second-order valence-corrected chi connectivity index (χ2v) is 6.63. The highest BCUT2D eigenvalue weighted by Gasteiger charge is 2.25. The minimum atomic E-state index is -0.869. The number of rotatable bonds is 10. The lowest BCUT2D eigenvalue weighted by atomic mass is 10.3. The van der Waals surface area contributed by atoms with Crippen LogP contribution >= 0.6 is 0 Å². The molecular weight excluding hydrogens is 256 g/mol. The van der Waals surface area contributed by atoms with Crippen LogP contribution in [-0.4, -0.2) is 40.8 Å². The Labute approximate surface area is 124 Å². The molecule has 104 valence electrons. The van der Waals surface area contributed by atoms with Gasteiger partial charge in [0.25, 0.3) is 0 Å². The van der Waals surface area contributed by atoms with E-state index in [2.05, 4.69) is 13.2 Å². The fourth-order valence-corrected chi connectivity index (χ4v) is 4.21. The fourth-order valence-electron chi connectivity index (χ4n) is 1.81. The van der Waals surface area contributed by atoms with Crippen molar-refractivity contribution < 1.29 is 19.1 Å². The van der Waals surface area contributed by atoms with Crippen LogP contribution in [0.4, 0.5) is 0 Å². The van der Waals surface area contributed by atoms with Crippen LogP contribution in [0.5, 0.6) is 0 Å². The molecule has 0 aromatic carbocycles. The Bertz CT molecular complexity index is 285. The molecule has 0 saturated heterocycles. The molecule has 2 unspecified atom stereocenters. The lowest BCUT2D eigenvalue weighted by Gasteiger charge is -2.22. The number of hydrogen-bond acceptors (Lipinski definition) is 4. The molecule has 0 aromatic heterocycles. The molecule has 4 nitrogen and oxygen atoms in total. The minimum absolute atomic E-state index is 0.107. The highest BCUT2D eigenvalue weighted by atomic mass is 24.5. The number of esters is 2. The first-order valence-corrected chi connectivity index (χ1v) is 8.36. The molecule has 0 spiro atoms. The minimum Gasteiger partial charge on any atom is -0.489 e. The Morgan fingerprint density at radius 1 is 1.00 bits per heavy atom. The third-order valence-corrected chi connectivity index (χ3v) is 4.85. The summed E-state index contributed by atoms with van der Waals surface area (Å²) in [4.78, 5) is 22.5. The van der Waals surface area contributed by atoms with Crippen LogP contribution in [-0.2, 0) is 19.1 Å². The maximum Gasteiger partial charge on any atom is 0.493 e. The third-order valence-electron chi connectivity index (χ3n) is 2.65. The summed E-state index contributed by atoms with van der Waals surface area (Å²) < 4.78 is 10.4. The summed E-state index contributed by atoms with van der Waals surface area (Å²) in [5.41, 5.74) is 0. The first-order chi connectivity index (χ1) is 9.07. The van der Waals surface area contributed by atoms with Crippen molar-refractivity contribution in [2.75, 3.05) is 0 Å². The second-order valence-electron chi connectivity index (χ2n) is 4.34. The Morgan fingerprint density at radius 2 is 1.37 bits per heavy atom. The topological polar surface area (TPSA) is 52.6 Å². The molecule has 0 fully saturated rings. The van der Waals surface area contributed by atoms with Crippen molar-refractivity contribution in [1.82, 2.24) is 0 Å². The van der Waals surface area contributed by atoms with Crippen molar-refractivity contribution >= 4 is 32.3 Å².